The molecule has 0 amide bonds. The van der Waals surface area contributed by atoms with E-state index in [9.17, 15) is 5.11 Å². The number of aliphatic hydroxyl groups excluding tert-OH is 1. The Hall–Kier alpha value is -2.38. The van der Waals surface area contributed by atoms with Gasteiger partial charge in [0.15, 0.2) is 0 Å². The summed E-state index contributed by atoms with van der Waals surface area (Å²) >= 11 is 1.66. The molecule has 0 spiro atoms. The van der Waals surface area contributed by atoms with Crippen LogP contribution in [0.3, 0.4) is 0 Å². The molecule has 3 heterocycles. The number of aliphatic hydroxyl groups is 1. The standard InChI is InChI=1S/C19H23N5OS/c1-23-12-14(10-21-23)17-13-26-19(22-17)11-20-16-4-2-3-5-18(16)24-8-6-15(25)7-9-24/h2-5,10,12-13,15,20,25H,6-9,11H2,1H3. The molecule has 136 valence electrons. The molecule has 2 aromatic heterocycles. The van der Waals surface area contributed by atoms with Crippen molar-refractivity contribution in [2.24, 2.45) is 7.05 Å². The van der Waals surface area contributed by atoms with Gasteiger partial charge < -0.3 is 15.3 Å². The topological polar surface area (TPSA) is 66.2 Å². The zero-order valence-electron chi connectivity index (χ0n) is 14.8. The number of para-hydroxylation sites is 2. The lowest BCUT2D eigenvalue weighted by Gasteiger charge is -2.32. The summed E-state index contributed by atoms with van der Waals surface area (Å²) in [6.07, 6.45) is 5.32. The minimum Gasteiger partial charge on any atom is -0.393 e. The highest BCUT2D eigenvalue weighted by Gasteiger charge is 2.19. The normalized spacial score (nSPS) is 15.4. The second-order valence-corrected chi connectivity index (χ2v) is 7.56. The molecule has 1 aromatic carbocycles. The van der Waals surface area contributed by atoms with Crippen LogP contribution >= 0.6 is 11.3 Å². The summed E-state index contributed by atoms with van der Waals surface area (Å²) in [6.45, 7) is 2.48. The molecule has 1 aliphatic rings. The quantitative estimate of drug-likeness (QED) is 0.723. The monoisotopic (exact) mass is 369 g/mol. The third kappa shape index (κ3) is 3.73. The number of nitrogens with one attached hydrogen (secondary N) is 1. The van der Waals surface area contributed by atoms with E-state index in [-0.39, 0.29) is 6.10 Å². The molecule has 1 aliphatic heterocycles. The molecule has 0 saturated carbocycles. The fraction of sp³-hybridized carbons (Fsp3) is 0.368. The van der Waals surface area contributed by atoms with E-state index in [2.05, 4.69) is 38.9 Å². The van der Waals surface area contributed by atoms with Gasteiger partial charge in [0.1, 0.15) is 5.01 Å². The van der Waals surface area contributed by atoms with Crippen LogP contribution in [0.1, 0.15) is 17.8 Å². The largest absolute Gasteiger partial charge is 0.393 e. The summed E-state index contributed by atoms with van der Waals surface area (Å²) in [5, 5.41) is 20.6. The molecule has 0 bridgehead atoms. The van der Waals surface area contributed by atoms with Gasteiger partial charge in [-0.05, 0) is 25.0 Å². The smallest absolute Gasteiger partial charge is 0.112 e. The maximum Gasteiger partial charge on any atom is 0.112 e. The van der Waals surface area contributed by atoms with Gasteiger partial charge in [-0.25, -0.2) is 4.98 Å². The second kappa shape index (κ2) is 7.47. The van der Waals surface area contributed by atoms with Crippen molar-refractivity contribution in [3.8, 4) is 11.3 Å². The van der Waals surface area contributed by atoms with Gasteiger partial charge >= 0.3 is 0 Å². The first-order valence-electron chi connectivity index (χ1n) is 8.88. The summed E-state index contributed by atoms with van der Waals surface area (Å²) in [4.78, 5) is 7.06. The summed E-state index contributed by atoms with van der Waals surface area (Å²) in [6, 6.07) is 8.36. The number of hydrogen-bond donors (Lipinski definition) is 2. The number of thiazole rings is 1. The third-order valence-corrected chi connectivity index (χ3v) is 5.54. The molecule has 6 nitrogen and oxygen atoms in total. The van der Waals surface area contributed by atoms with Crippen LogP contribution in [-0.4, -0.2) is 39.1 Å². The van der Waals surface area contributed by atoms with Crippen molar-refractivity contribution >= 4 is 22.7 Å². The first kappa shape index (κ1) is 17.1. The van der Waals surface area contributed by atoms with Crippen LogP contribution < -0.4 is 10.2 Å². The number of aromatic nitrogens is 3. The van der Waals surface area contributed by atoms with Gasteiger partial charge in [-0.15, -0.1) is 11.3 Å². The highest BCUT2D eigenvalue weighted by molar-refractivity contribution is 7.09. The lowest BCUT2D eigenvalue weighted by Crippen LogP contribution is -2.36. The van der Waals surface area contributed by atoms with Crippen LogP contribution in [-0.2, 0) is 13.6 Å². The highest BCUT2D eigenvalue weighted by atomic mass is 32.1. The van der Waals surface area contributed by atoms with E-state index in [0.717, 1.165) is 47.9 Å². The van der Waals surface area contributed by atoms with E-state index in [0.29, 0.717) is 6.54 Å². The highest BCUT2D eigenvalue weighted by Crippen LogP contribution is 2.29. The van der Waals surface area contributed by atoms with Gasteiger partial charge in [0, 0.05) is 37.3 Å². The first-order chi connectivity index (χ1) is 12.7. The zero-order chi connectivity index (χ0) is 17.9. The second-order valence-electron chi connectivity index (χ2n) is 6.62. The minimum atomic E-state index is -0.160. The van der Waals surface area contributed by atoms with Crippen LogP contribution in [0.15, 0.2) is 42.0 Å². The molecule has 7 heteroatoms. The fourth-order valence-corrected chi connectivity index (χ4v) is 4.00. The van der Waals surface area contributed by atoms with Crippen LogP contribution in [0.25, 0.3) is 11.3 Å². The average molecular weight is 369 g/mol. The third-order valence-electron chi connectivity index (χ3n) is 4.69. The SMILES string of the molecule is Cn1cc(-c2csc(CNc3ccccc3N3CCC(O)CC3)n2)cn1. The van der Waals surface area contributed by atoms with Crippen LogP contribution in [0.5, 0.6) is 0 Å². The zero-order valence-corrected chi connectivity index (χ0v) is 15.6. The summed E-state index contributed by atoms with van der Waals surface area (Å²) in [5.74, 6) is 0. The van der Waals surface area contributed by atoms with E-state index in [1.165, 1.54) is 5.69 Å². The van der Waals surface area contributed by atoms with Crippen molar-refractivity contribution in [2.75, 3.05) is 23.3 Å². The van der Waals surface area contributed by atoms with Crippen molar-refractivity contribution in [1.82, 2.24) is 14.8 Å². The van der Waals surface area contributed by atoms with E-state index in [4.69, 9.17) is 4.98 Å². The van der Waals surface area contributed by atoms with Gasteiger partial charge in [0.25, 0.3) is 0 Å². The average Bonchev–Trinajstić information content (AvgIpc) is 3.30. The molecule has 0 radical (unpaired) electrons. The summed E-state index contributed by atoms with van der Waals surface area (Å²) in [7, 11) is 1.91. The van der Waals surface area contributed by atoms with E-state index < -0.39 is 0 Å². The predicted octanol–water partition coefficient (Wildman–Crippen LogP) is 3.12. The Morgan fingerprint density at radius 2 is 2.08 bits per heavy atom. The Balaban J connectivity index is 1.44. The number of nitrogens with zero attached hydrogens (tertiary/aromatic N) is 4. The number of rotatable bonds is 5. The van der Waals surface area contributed by atoms with Crippen molar-refractivity contribution in [2.45, 2.75) is 25.5 Å². The van der Waals surface area contributed by atoms with E-state index >= 15 is 0 Å². The maximum atomic E-state index is 9.74. The predicted molar refractivity (Wildman–Crippen MR) is 106 cm³/mol. The number of aryl methyl sites for hydroxylation is 1. The lowest BCUT2D eigenvalue weighted by atomic mass is 10.1. The molecule has 0 atom stereocenters. The minimum absolute atomic E-state index is 0.160. The molecule has 0 unspecified atom stereocenters. The number of hydrogen-bond acceptors (Lipinski definition) is 6. The molecular weight excluding hydrogens is 346 g/mol. The molecule has 1 saturated heterocycles. The molecule has 3 aromatic rings. The number of piperidine rings is 1. The van der Waals surface area contributed by atoms with Gasteiger partial charge in [-0.2, -0.15) is 5.10 Å². The molecule has 2 N–H and O–H groups in total. The molecule has 0 aliphatic carbocycles. The molecule has 4 rings (SSSR count). The van der Waals surface area contributed by atoms with E-state index in [1.54, 1.807) is 16.0 Å². The van der Waals surface area contributed by atoms with Gasteiger partial charge in [-0.1, -0.05) is 12.1 Å². The molecule has 1 fully saturated rings. The number of anilines is 2. The summed E-state index contributed by atoms with van der Waals surface area (Å²) < 4.78 is 1.79. The summed E-state index contributed by atoms with van der Waals surface area (Å²) in [5.41, 5.74) is 4.32. The van der Waals surface area contributed by atoms with Gasteiger partial charge in [0.2, 0.25) is 0 Å². The van der Waals surface area contributed by atoms with Crippen LogP contribution in [0, 0.1) is 0 Å². The Morgan fingerprint density at radius 3 is 2.85 bits per heavy atom. The van der Waals surface area contributed by atoms with E-state index in [1.807, 2.05) is 25.5 Å². The Kier molecular flexibility index (Phi) is 4.90. The molecule has 26 heavy (non-hydrogen) atoms. The molecular formula is C19H23N5OS. The van der Waals surface area contributed by atoms with Crippen LogP contribution in [0.2, 0.25) is 0 Å². The Bertz CT molecular complexity index is 866. The van der Waals surface area contributed by atoms with Gasteiger partial charge in [-0.3, -0.25) is 4.68 Å². The van der Waals surface area contributed by atoms with Crippen LogP contribution in [0.4, 0.5) is 11.4 Å². The number of benzene rings is 1. The van der Waals surface area contributed by atoms with Gasteiger partial charge in [0.05, 0.1) is 35.9 Å². The van der Waals surface area contributed by atoms with Crippen molar-refractivity contribution in [3.05, 3.63) is 47.0 Å². The Morgan fingerprint density at radius 1 is 1.27 bits per heavy atom. The lowest BCUT2D eigenvalue weighted by molar-refractivity contribution is 0.145. The first-order valence-corrected chi connectivity index (χ1v) is 9.76. The maximum absolute atomic E-state index is 9.74. The van der Waals surface area contributed by atoms with Crippen molar-refractivity contribution in [3.63, 3.8) is 0 Å². The van der Waals surface area contributed by atoms with Crippen molar-refractivity contribution in [1.29, 1.82) is 0 Å². The van der Waals surface area contributed by atoms with Crippen molar-refractivity contribution < 1.29 is 5.11 Å². The Labute approximate surface area is 157 Å². The fourth-order valence-electron chi connectivity index (χ4n) is 3.25.